The molecule has 0 aromatic heterocycles. The SMILES string of the molecule is CCOC(=O)C1=C(C)NC(=O)N(C(C)=O)C1c1cc([N+](=O)[O-])ccc1O. The maximum Gasteiger partial charge on any atom is 0.338 e. The van der Waals surface area contributed by atoms with Crippen molar-refractivity contribution >= 4 is 23.6 Å². The number of phenols is 1. The number of rotatable bonds is 4. The second-order valence-corrected chi connectivity index (χ2v) is 5.48. The summed E-state index contributed by atoms with van der Waals surface area (Å²) in [6, 6.07) is 0.969. The number of urea groups is 1. The lowest BCUT2D eigenvalue weighted by atomic mass is 9.92. The van der Waals surface area contributed by atoms with Crippen molar-refractivity contribution in [3.8, 4) is 5.75 Å². The van der Waals surface area contributed by atoms with E-state index in [1.165, 1.54) is 6.92 Å². The highest BCUT2D eigenvalue weighted by Gasteiger charge is 2.42. The summed E-state index contributed by atoms with van der Waals surface area (Å²) in [6.45, 7) is 4.16. The van der Waals surface area contributed by atoms with E-state index in [2.05, 4.69) is 5.32 Å². The molecule has 1 heterocycles. The third kappa shape index (κ3) is 3.34. The first-order valence-corrected chi connectivity index (χ1v) is 7.65. The molecular formula is C16H17N3O7. The molecule has 3 amide bonds. The van der Waals surface area contributed by atoms with E-state index >= 15 is 0 Å². The number of nitro benzene ring substituents is 1. The van der Waals surface area contributed by atoms with Crippen molar-refractivity contribution in [1.29, 1.82) is 0 Å². The number of ether oxygens (including phenoxy) is 1. The minimum Gasteiger partial charge on any atom is -0.508 e. The number of hydrogen-bond acceptors (Lipinski definition) is 7. The van der Waals surface area contributed by atoms with Crippen molar-refractivity contribution in [1.82, 2.24) is 10.2 Å². The highest BCUT2D eigenvalue weighted by Crippen LogP contribution is 2.40. The van der Waals surface area contributed by atoms with Crippen LogP contribution in [0.25, 0.3) is 0 Å². The zero-order valence-corrected chi connectivity index (χ0v) is 14.3. The minimum atomic E-state index is -1.36. The number of carbonyl (C=O) groups excluding carboxylic acids is 3. The first-order chi connectivity index (χ1) is 12.2. The van der Waals surface area contributed by atoms with Gasteiger partial charge in [-0.3, -0.25) is 19.8 Å². The van der Waals surface area contributed by atoms with Gasteiger partial charge in [-0.05, 0) is 19.9 Å². The summed E-state index contributed by atoms with van der Waals surface area (Å²) >= 11 is 0. The van der Waals surface area contributed by atoms with Crippen LogP contribution in [0.15, 0.2) is 29.5 Å². The average Bonchev–Trinajstić information content (AvgIpc) is 2.53. The normalized spacial score (nSPS) is 17.0. The summed E-state index contributed by atoms with van der Waals surface area (Å²) in [4.78, 5) is 47.8. The van der Waals surface area contributed by atoms with Gasteiger partial charge in [0, 0.05) is 30.3 Å². The van der Waals surface area contributed by atoms with Crippen molar-refractivity contribution in [2.45, 2.75) is 26.8 Å². The number of hydrogen-bond donors (Lipinski definition) is 2. The number of aromatic hydroxyl groups is 1. The number of non-ortho nitro benzene ring substituents is 1. The molecule has 0 aliphatic carbocycles. The molecule has 0 saturated carbocycles. The third-order valence-corrected chi connectivity index (χ3v) is 3.80. The number of nitrogens with zero attached hydrogens (tertiary/aromatic N) is 2. The number of nitrogens with one attached hydrogen (secondary N) is 1. The van der Waals surface area contributed by atoms with E-state index < -0.39 is 34.6 Å². The second-order valence-electron chi connectivity index (χ2n) is 5.48. The molecule has 138 valence electrons. The highest BCUT2D eigenvalue weighted by molar-refractivity contribution is 6.01. The molecule has 10 nitrogen and oxygen atoms in total. The fourth-order valence-corrected chi connectivity index (χ4v) is 2.71. The van der Waals surface area contributed by atoms with E-state index in [4.69, 9.17) is 4.74 Å². The number of amides is 3. The van der Waals surface area contributed by atoms with Crippen LogP contribution in [0.5, 0.6) is 5.75 Å². The van der Waals surface area contributed by atoms with Crippen LogP contribution in [-0.4, -0.2) is 39.4 Å². The smallest absolute Gasteiger partial charge is 0.338 e. The second kappa shape index (κ2) is 7.21. The Morgan fingerprint density at radius 2 is 2.08 bits per heavy atom. The van der Waals surface area contributed by atoms with Gasteiger partial charge in [-0.25, -0.2) is 9.59 Å². The van der Waals surface area contributed by atoms with Crippen LogP contribution in [0.4, 0.5) is 10.5 Å². The van der Waals surface area contributed by atoms with Gasteiger partial charge < -0.3 is 15.2 Å². The average molecular weight is 363 g/mol. The molecule has 2 N–H and O–H groups in total. The molecule has 1 aliphatic rings. The van der Waals surface area contributed by atoms with E-state index in [0.717, 1.165) is 25.1 Å². The number of phenolic OH excluding ortho intramolecular Hbond substituents is 1. The minimum absolute atomic E-state index is 0.0390. The van der Waals surface area contributed by atoms with Crippen LogP contribution in [-0.2, 0) is 14.3 Å². The number of carbonyl (C=O) groups is 3. The molecule has 0 bridgehead atoms. The van der Waals surface area contributed by atoms with Gasteiger partial charge >= 0.3 is 12.0 Å². The molecule has 1 atom stereocenters. The number of nitro groups is 1. The van der Waals surface area contributed by atoms with Crippen LogP contribution in [0.1, 0.15) is 32.4 Å². The lowest BCUT2D eigenvalue weighted by Gasteiger charge is -2.35. The van der Waals surface area contributed by atoms with Crippen molar-refractivity contribution in [2.24, 2.45) is 0 Å². The molecule has 10 heteroatoms. The number of benzene rings is 1. The summed E-state index contributed by atoms with van der Waals surface area (Å²) in [6.07, 6.45) is 0. The molecule has 1 aliphatic heterocycles. The van der Waals surface area contributed by atoms with Crippen molar-refractivity contribution in [2.75, 3.05) is 6.61 Å². The Morgan fingerprint density at radius 3 is 2.62 bits per heavy atom. The largest absolute Gasteiger partial charge is 0.508 e. The fraction of sp³-hybridized carbons (Fsp3) is 0.312. The molecule has 1 aromatic rings. The van der Waals surface area contributed by atoms with Gasteiger partial charge in [0.25, 0.3) is 5.69 Å². The van der Waals surface area contributed by atoms with Gasteiger partial charge in [-0.15, -0.1) is 0 Å². The Kier molecular flexibility index (Phi) is 5.24. The Hall–Kier alpha value is -3.43. The first kappa shape index (κ1) is 18.9. The van der Waals surface area contributed by atoms with E-state index in [0.29, 0.717) is 4.90 Å². The van der Waals surface area contributed by atoms with E-state index in [-0.39, 0.29) is 29.1 Å². The highest BCUT2D eigenvalue weighted by atomic mass is 16.6. The van der Waals surface area contributed by atoms with Crippen molar-refractivity contribution < 1.29 is 29.2 Å². The predicted molar refractivity (Wildman–Crippen MR) is 87.9 cm³/mol. The predicted octanol–water partition coefficient (Wildman–Crippen LogP) is 1.75. The first-order valence-electron chi connectivity index (χ1n) is 7.65. The summed E-state index contributed by atoms with van der Waals surface area (Å²) < 4.78 is 4.98. The van der Waals surface area contributed by atoms with Crippen LogP contribution in [0.3, 0.4) is 0 Å². The summed E-state index contributed by atoms with van der Waals surface area (Å²) in [5.74, 6) is -1.93. The molecule has 1 aromatic carbocycles. The third-order valence-electron chi connectivity index (χ3n) is 3.80. The Balaban J connectivity index is 2.75. The lowest BCUT2D eigenvalue weighted by Crippen LogP contribution is -2.50. The summed E-state index contributed by atoms with van der Waals surface area (Å²) in [5.41, 5.74) is -0.473. The number of imide groups is 1. The van der Waals surface area contributed by atoms with Gasteiger partial charge in [0.15, 0.2) is 0 Å². The zero-order chi connectivity index (χ0) is 19.6. The summed E-state index contributed by atoms with van der Waals surface area (Å²) in [7, 11) is 0. The van der Waals surface area contributed by atoms with Gasteiger partial charge in [-0.2, -0.15) is 0 Å². The number of allylic oxidation sites excluding steroid dienone is 1. The standard InChI is InChI=1S/C16H17N3O7/c1-4-26-15(22)13-8(2)17-16(23)18(9(3)20)14(13)11-7-10(19(24)25)5-6-12(11)21/h5-7,14,21H,4H2,1-3H3,(H,17,23). The van der Waals surface area contributed by atoms with Crippen LogP contribution in [0.2, 0.25) is 0 Å². The van der Waals surface area contributed by atoms with E-state index in [1.807, 2.05) is 0 Å². The number of esters is 1. The lowest BCUT2D eigenvalue weighted by molar-refractivity contribution is -0.385. The molecule has 0 saturated heterocycles. The maximum absolute atomic E-state index is 12.4. The monoisotopic (exact) mass is 363 g/mol. The molecule has 0 spiro atoms. The fourth-order valence-electron chi connectivity index (χ4n) is 2.71. The summed E-state index contributed by atoms with van der Waals surface area (Å²) in [5, 5.41) is 23.7. The Bertz CT molecular complexity index is 831. The molecule has 26 heavy (non-hydrogen) atoms. The molecule has 0 fully saturated rings. The molecule has 0 radical (unpaired) electrons. The van der Waals surface area contributed by atoms with E-state index in [1.54, 1.807) is 6.92 Å². The van der Waals surface area contributed by atoms with Gasteiger partial charge in [-0.1, -0.05) is 0 Å². The molecule has 1 unspecified atom stereocenters. The van der Waals surface area contributed by atoms with Gasteiger partial charge in [0.1, 0.15) is 11.8 Å². The van der Waals surface area contributed by atoms with Crippen molar-refractivity contribution in [3.63, 3.8) is 0 Å². The topological polar surface area (TPSA) is 139 Å². The molecule has 2 rings (SSSR count). The van der Waals surface area contributed by atoms with Crippen molar-refractivity contribution in [3.05, 3.63) is 45.1 Å². The maximum atomic E-state index is 12.4. The quantitative estimate of drug-likeness (QED) is 0.472. The van der Waals surface area contributed by atoms with Gasteiger partial charge in [0.05, 0.1) is 17.1 Å². The van der Waals surface area contributed by atoms with Crippen LogP contribution in [0, 0.1) is 10.1 Å². The molecular weight excluding hydrogens is 346 g/mol. The van der Waals surface area contributed by atoms with Crippen LogP contribution < -0.4 is 5.32 Å². The van der Waals surface area contributed by atoms with E-state index in [9.17, 15) is 29.6 Å². The Labute approximate surface area is 148 Å². The van der Waals surface area contributed by atoms with Crippen LogP contribution >= 0.6 is 0 Å². The zero-order valence-electron chi connectivity index (χ0n) is 14.3. The van der Waals surface area contributed by atoms with Gasteiger partial charge in [0.2, 0.25) is 5.91 Å². The Morgan fingerprint density at radius 1 is 1.42 bits per heavy atom.